The van der Waals surface area contributed by atoms with Crippen molar-refractivity contribution < 1.29 is 14.1 Å². The van der Waals surface area contributed by atoms with Gasteiger partial charge in [-0.25, -0.2) is 0 Å². The molecule has 0 aliphatic carbocycles. The first-order valence-corrected chi connectivity index (χ1v) is 11.7. The third kappa shape index (κ3) is 5.26. The summed E-state index contributed by atoms with van der Waals surface area (Å²) >= 11 is 1.27. The Labute approximate surface area is 201 Å². The van der Waals surface area contributed by atoms with Gasteiger partial charge in [-0.1, -0.05) is 56.8 Å². The maximum atomic E-state index is 12.7. The number of hydrogen-bond donors (Lipinski definition) is 0. The number of thioether (sulfide) groups is 1. The fraction of sp³-hybridized carbons (Fsp3) is 0.240. The summed E-state index contributed by atoms with van der Waals surface area (Å²) in [6, 6.07) is 17.5. The third-order valence-corrected chi connectivity index (χ3v) is 6.32. The summed E-state index contributed by atoms with van der Waals surface area (Å²) in [5.41, 5.74) is 2.54. The number of furan rings is 1. The average Bonchev–Trinajstić information content (AvgIpc) is 3.47. The standard InChI is InChI=1S/C25H24N4O4S/c1-25(2,3)19-10-6-18(7-11-19)23-26-27-24(28(23)15-21-5-4-14-33-21)34-16-22(30)17-8-12-20(13-9-17)29(31)32/h4-14H,15-16H2,1-3H3. The second-order valence-corrected chi connectivity index (χ2v) is 9.76. The SMILES string of the molecule is CC(C)(C)c1ccc(-c2nnc(SCC(=O)c3ccc([N+](=O)[O-])cc3)n2Cc2ccco2)cc1. The van der Waals surface area contributed by atoms with Crippen LogP contribution in [0.1, 0.15) is 42.5 Å². The molecule has 9 heteroatoms. The van der Waals surface area contributed by atoms with E-state index in [0.29, 0.717) is 23.1 Å². The van der Waals surface area contributed by atoms with E-state index in [9.17, 15) is 14.9 Å². The normalized spacial score (nSPS) is 11.5. The first-order chi connectivity index (χ1) is 16.2. The van der Waals surface area contributed by atoms with Gasteiger partial charge in [0, 0.05) is 23.3 Å². The molecule has 2 heterocycles. The Morgan fingerprint density at radius 2 is 1.76 bits per heavy atom. The molecule has 0 aliphatic rings. The van der Waals surface area contributed by atoms with Crippen LogP contribution in [-0.4, -0.2) is 31.2 Å². The van der Waals surface area contributed by atoms with Crippen molar-refractivity contribution in [3.8, 4) is 11.4 Å². The number of hydrogen-bond acceptors (Lipinski definition) is 7. The molecule has 174 valence electrons. The van der Waals surface area contributed by atoms with E-state index in [4.69, 9.17) is 4.42 Å². The molecule has 2 aromatic heterocycles. The average molecular weight is 477 g/mol. The molecule has 0 aliphatic heterocycles. The van der Waals surface area contributed by atoms with Crippen LogP contribution in [0.4, 0.5) is 5.69 Å². The number of benzene rings is 2. The fourth-order valence-electron chi connectivity index (χ4n) is 3.41. The number of nitro benzene ring substituents is 1. The topological polar surface area (TPSA) is 104 Å². The zero-order valence-electron chi connectivity index (χ0n) is 19.1. The predicted molar refractivity (Wildman–Crippen MR) is 130 cm³/mol. The zero-order valence-corrected chi connectivity index (χ0v) is 19.9. The quantitative estimate of drug-likeness (QED) is 0.138. The second-order valence-electron chi connectivity index (χ2n) is 8.81. The minimum atomic E-state index is -0.490. The van der Waals surface area contributed by atoms with Crippen LogP contribution in [0.15, 0.2) is 76.5 Å². The summed E-state index contributed by atoms with van der Waals surface area (Å²) in [7, 11) is 0. The molecule has 0 radical (unpaired) electrons. The summed E-state index contributed by atoms with van der Waals surface area (Å²) in [4.78, 5) is 23.0. The number of nitrogens with zero attached hydrogens (tertiary/aromatic N) is 4. The van der Waals surface area contributed by atoms with E-state index < -0.39 is 4.92 Å². The van der Waals surface area contributed by atoms with Crippen LogP contribution in [0.2, 0.25) is 0 Å². The fourth-order valence-corrected chi connectivity index (χ4v) is 4.24. The van der Waals surface area contributed by atoms with Gasteiger partial charge in [-0.2, -0.15) is 0 Å². The number of carbonyl (C=O) groups excluding carboxylic acids is 1. The number of carbonyl (C=O) groups is 1. The molecule has 8 nitrogen and oxygen atoms in total. The lowest BCUT2D eigenvalue weighted by Gasteiger charge is -2.19. The Morgan fingerprint density at radius 3 is 2.35 bits per heavy atom. The molecule has 0 fully saturated rings. The molecule has 34 heavy (non-hydrogen) atoms. The molecule has 0 saturated carbocycles. The number of aromatic nitrogens is 3. The van der Waals surface area contributed by atoms with Crippen molar-refractivity contribution in [2.45, 2.75) is 37.9 Å². The highest BCUT2D eigenvalue weighted by atomic mass is 32.2. The zero-order chi connectivity index (χ0) is 24.3. The van der Waals surface area contributed by atoms with Gasteiger partial charge in [0.2, 0.25) is 0 Å². The number of nitro groups is 1. The molecule has 0 N–H and O–H groups in total. The molecule has 0 spiro atoms. The minimum Gasteiger partial charge on any atom is -0.467 e. The lowest BCUT2D eigenvalue weighted by molar-refractivity contribution is -0.384. The second kappa shape index (κ2) is 9.64. The first-order valence-electron chi connectivity index (χ1n) is 10.7. The van der Waals surface area contributed by atoms with Crippen molar-refractivity contribution in [1.82, 2.24) is 14.8 Å². The molecule has 2 aromatic carbocycles. The maximum Gasteiger partial charge on any atom is 0.269 e. The molecule has 0 saturated heterocycles. The van der Waals surface area contributed by atoms with Gasteiger partial charge in [-0.15, -0.1) is 10.2 Å². The van der Waals surface area contributed by atoms with Gasteiger partial charge >= 0.3 is 0 Å². The highest BCUT2D eigenvalue weighted by Gasteiger charge is 2.19. The van der Waals surface area contributed by atoms with E-state index in [1.807, 2.05) is 28.8 Å². The van der Waals surface area contributed by atoms with Crippen LogP contribution in [0.3, 0.4) is 0 Å². The Morgan fingerprint density at radius 1 is 1.06 bits per heavy atom. The number of non-ortho nitro benzene ring substituents is 1. The van der Waals surface area contributed by atoms with Crippen LogP contribution in [0.5, 0.6) is 0 Å². The van der Waals surface area contributed by atoms with Crippen molar-refractivity contribution in [3.63, 3.8) is 0 Å². The first kappa shape index (κ1) is 23.4. The molecular weight excluding hydrogens is 452 g/mol. The molecule has 4 rings (SSSR count). The number of rotatable bonds is 8. The van der Waals surface area contributed by atoms with Gasteiger partial charge in [0.1, 0.15) is 5.76 Å². The minimum absolute atomic E-state index is 0.0413. The van der Waals surface area contributed by atoms with Gasteiger partial charge in [0.25, 0.3) is 5.69 Å². The molecule has 0 atom stereocenters. The van der Waals surface area contributed by atoms with Crippen molar-refractivity contribution in [2.24, 2.45) is 0 Å². The van der Waals surface area contributed by atoms with Crippen LogP contribution in [0.25, 0.3) is 11.4 Å². The molecule has 0 amide bonds. The van der Waals surface area contributed by atoms with E-state index in [-0.39, 0.29) is 22.6 Å². The monoisotopic (exact) mass is 476 g/mol. The molecule has 0 unspecified atom stereocenters. The largest absolute Gasteiger partial charge is 0.467 e. The summed E-state index contributed by atoms with van der Waals surface area (Å²) in [5, 5.41) is 20.2. The van der Waals surface area contributed by atoms with E-state index >= 15 is 0 Å². The Bertz CT molecular complexity index is 1290. The van der Waals surface area contributed by atoms with Crippen molar-refractivity contribution >= 4 is 23.2 Å². The van der Waals surface area contributed by atoms with Gasteiger partial charge in [0.15, 0.2) is 16.8 Å². The maximum absolute atomic E-state index is 12.7. The van der Waals surface area contributed by atoms with Crippen LogP contribution in [0, 0.1) is 10.1 Å². The van der Waals surface area contributed by atoms with Crippen molar-refractivity contribution in [1.29, 1.82) is 0 Å². The predicted octanol–water partition coefficient (Wildman–Crippen LogP) is 5.77. The lowest BCUT2D eigenvalue weighted by atomic mass is 9.87. The van der Waals surface area contributed by atoms with E-state index in [1.54, 1.807) is 6.26 Å². The number of Topliss-reactive ketones (excluding diaryl/α,β-unsaturated/α-hetero) is 1. The molecular formula is C25H24N4O4S. The summed E-state index contributed by atoms with van der Waals surface area (Å²) in [6.07, 6.45) is 1.61. The van der Waals surface area contributed by atoms with E-state index in [0.717, 1.165) is 11.3 Å². The van der Waals surface area contributed by atoms with Gasteiger partial charge < -0.3 is 4.42 Å². The van der Waals surface area contributed by atoms with Crippen LogP contribution in [-0.2, 0) is 12.0 Å². The highest BCUT2D eigenvalue weighted by Crippen LogP contribution is 2.29. The highest BCUT2D eigenvalue weighted by molar-refractivity contribution is 7.99. The van der Waals surface area contributed by atoms with Crippen molar-refractivity contribution in [3.05, 3.63) is 93.9 Å². The van der Waals surface area contributed by atoms with E-state index in [1.165, 1.54) is 41.6 Å². The van der Waals surface area contributed by atoms with Crippen LogP contribution >= 0.6 is 11.8 Å². The molecule has 0 bridgehead atoms. The smallest absolute Gasteiger partial charge is 0.269 e. The van der Waals surface area contributed by atoms with Gasteiger partial charge in [0.05, 0.1) is 23.5 Å². The third-order valence-electron chi connectivity index (χ3n) is 5.35. The Hall–Kier alpha value is -3.72. The van der Waals surface area contributed by atoms with Gasteiger partial charge in [-0.05, 0) is 35.2 Å². The summed E-state index contributed by atoms with van der Waals surface area (Å²) in [6.45, 7) is 6.92. The summed E-state index contributed by atoms with van der Waals surface area (Å²) < 4.78 is 7.46. The Kier molecular flexibility index (Phi) is 6.65. The molecule has 4 aromatic rings. The summed E-state index contributed by atoms with van der Waals surface area (Å²) in [5.74, 6) is 1.40. The Balaban J connectivity index is 1.58. The lowest BCUT2D eigenvalue weighted by Crippen LogP contribution is -2.10. The van der Waals surface area contributed by atoms with Crippen molar-refractivity contribution in [2.75, 3.05) is 5.75 Å². The number of ketones is 1. The van der Waals surface area contributed by atoms with Gasteiger partial charge in [-0.3, -0.25) is 19.5 Å². The van der Waals surface area contributed by atoms with E-state index in [2.05, 4.69) is 43.1 Å². The van der Waals surface area contributed by atoms with Crippen LogP contribution < -0.4 is 0 Å².